The predicted molar refractivity (Wildman–Crippen MR) is 54.6 cm³/mol. The first-order valence-corrected chi connectivity index (χ1v) is 5.02. The molecule has 0 aliphatic heterocycles. The van der Waals surface area contributed by atoms with Gasteiger partial charge in [-0.15, -0.1) is 0 Å². The van der Waals surface area contributed by atoms with Crippen LogP contribution in [0, 0.1) is 0 Å². The molecule has 0 fully saturated rings. The monoisotopic (exact) mass is 212 g/mol. The second-order valence-corrected chi connectivity index (χ2v) is 3.18. The molecule has 0 radical (unpaired) electrons. The summed E-state index contributed by atoms with van der Waals surface area (Å²) in [7, 11) is 0. The van der Waals surface area contributed by atoms with Crippen molar-refractivity contribution in [1.29, 1.82) is 0 Å². The standard InChI is InChI=1S/C10H16N2O3/c1-3-8-5-9(12(4-2)11-8)6-15-7-10(13)14/h5H,3-4,6-7H2,1-2H3,(H,13,14). The van der Waals surface area contributed by atoms with E-state index in [-0.39, 0.29) is 6.61 Å². The van der Waals surface area contributed by atoms with E-state index in [2.05, 4.69) is 5.10 Å². The molecule has 1 aromatic rings. The van der Waals surface area contributed by atoms with Crippen LogP contribution in [0.3, 0.4) is 0 Å². The molecule has 0 bridgehead atoms. The van der Waals surface area contributed by atoms with Gasteiger partial charge in [0.25, 0.3) is 0 Å². The van der Waals surface area contributed by atoms with Crippen molar-refractivity contribution in [2.75, 3.05) is 6.61 Å². The minimum Gasteiger partial charge on any atom is -0.480 e. The third kappa shape index (κ3) is 3.36. The normalized spacial score (nSPS) is 10.5. The Labute approximate surface area is 88.7 Å². The fraction of sp³-hybridized carbons (Fsp3) is 0.600. The van der Waals surface area contributed by atoms with Gasteiger partial charge in [0.05, 0.1) is 18.0 Å². The van der Waals surface area contributed by atoms with Crippen molar-refractivity contribution in [3.63, 3.8) is 0 Å². The minimum absolute atomic E-state index is 0.268. The SMILES string of the molecule is CCc1cc(COCC(=O)O)n(CC)n1. The molecule has 0 amide bonds. The Morgan fingerprint density at radius 3 is 2.87 bits per heavy atom. The van der Waals surface area contributed by atoms with Gasteiger partial charge >= 0.3 is 5.97 Å². The molecule has 84 valence electrons. The maximum atomic E-state index is 10.3. The molecule has 0 aliphatic carbocycles. The van der Waals surface area contributed by atoms with Gasteiger partial charge in [-0.05, 0) is 19.4 Å². The number of aryl methyl sites for hydroxylation is 2. The highest BCUT2D eigenvalue weighted by atomic mass is 16.5. The molecule has 0 saturated heterocycles. The van der Waals surface area contributed by atoms with Crippen molar-refractivity contribution in [2.45, 2.75) is 33.4 Å². The lowest BCUT2D eigenvalue weighted by atomic mass is 10.3. The van der Waals surface area contributed by atoms with E-state index in [0.717, 1.165) is 24.4 Å². The maximum absolute atomic E-state index is 10.3. The minimum atomic E-state index is -0.951. The van der Waals surface area contributed by atoms with Crippen LogP contribution in [-0.2, 0) is 29.1 Å². The first-order chi connectivity index (χ1) is 7.17. The van der Waals surface area contributed by atoms with Gasteiger partial charge in [-0.3, -0.25) is 4.68 Å². The maximum Gasteiger partial charge on any atom is 0.329 e. The zero-order chi connectivity index (χ0) is 11.3. The molecule has 15 heavy (non-hydrogen) atoms. The van der Waals surface area contributed by atoms with Crippen LogP contribution in [0.25, 0.3) is 0 Å². The molecule has 1 N–H and O–H groups in total. The second kappa shape index (κ2) is 5.50. The fourth-order valence-electron chi connectivity index (χ4n) is 1.32. The molecule has 5 nitrogen and oxygen atoms in total. The van der Waals surface area contributed by atoms with E-state index in [1.54, 1.807) is 0 Å². The number of rotatable bonds is 6. The second-order valence-electron chi connectivity index (χ2n) is 3.18. The number of ether oxygens (including phenoxy) is 1. The summed E-state index contributed by atoms with van der Waals surface area (Å²) in [4.78, 5) is 10.3. The lowest BCUT2D eigenvalue weighted by molar-refractivity contribution is -0.142. The lowest BCUT2D eigenvalue weighted by Crippen LogP contribution is -2.09. The lowest BCUT2D eigenvalue weighted by Gasteiger charge is -2.03. The molecule has 0 unspecified atom stereocenters. The van der Waals surface area contributed by atoms with E-state index in [1.165, 1.54) is 0 Å². The predicted octanol–water partition coefficient (Wildman–Crippen LogP) is 1.07. The van der Waals surface area contributed by atoms with Crippen molar-refractivity contribution >= 4 is 5.97 Å². The van der Waals surface area contributed by atoms with E-state index in [9.17, 15) is 4.79 Å². The molecule has 0 aromatic carbocycles. The Hall–Kier alpha value is -1.36. The van der Waals surface area contributed by atoms with Crippen LogP contribution in [0.2, 0.25) is 0 Å². The largest absolute Gasteiger partial charge is 0.480 e. The molecule has 1 rings (SSSR count). The fourth-order valence-corrected chi connectivity index (χ4v) is 1.32. The Kier molecular flexibility index (Phi) is 4.30. The third-order valence-corrected chi connectivity index (χ3v) is 2.05. The number of carboxylic acid groups (broad SMARTS) is 1. The van der Waals surface area contributed by atoms with Gasteiger partial charge in [0, 0.05) is 6.54 Å². The van der Waals surface area contributed by atoms with Crippen molar-refractivity contribution < 1.29 is 14.6 Å². The zero-order valence-corrected chi connectivity index (χ0v) is 9.06. The number of carboxylic acids is 1. The smallest absolute Gasteiger partial charge is 0.329 e. The Morgan fingerprint density at radius 2 is 2.33 bits per heavy atom. The molecule has 0 saturated carbocycles. The van der Waals surface area contributed by atoms with E-state index in [1.807, 2.05) is 24.6 Å². The summed E-state index contributed by atoms with van der Waals surface area (Å²) in [6.45, 7) is 4.83. The van der Waals surface area contributed by atoms with Gasteiger partial charge in [0.2, 0.25) is 0 Å². The van der Waals surface area contributed by atoms with Gasteiger partial charge in [-0.1, -0.05) is 6.92 Å². The van der Waals surface area contributed by atoms with Crippen molar-refractivity contribution in [3.05, 3.63) is 17.5 Å². The van der Waals surface area contributed by atoms with Gasteiger partial charge in [-0.2, -0.15) is 5.10 Å². The molecule has 1 heterocycles. The Morgan fingerprint density at radius 1 is 1.60 bits per heavy atom. The van der Waals surface area contributed by atoms with Crippen LogP contribution in [0.15, 0.2) is 6.07 Å². The number of aromatic nitrogens is 2. The number of nitrogens with zero attached hydrogens (tertiary/aromatic N) is 2. The van der Waals surface area contributed by atoms with E-state index in [4.69, 9.17) is 9.84 Å². The summed E-state index contributed by atoms with van der Waals surface area (Å²) in [5, 5.41) is 12.8. The third-order valence-electron chi connectivity index (χ3n) is 2.05. The highest BCUT2D eigenvalue weighted by Crippen LogP contribution is 2.06. The average Bonchev–Trinajstić information content (AvgIpc) is 2.60. The first kappa shape index (κ1) is 11.7. The molecule has 0 spiro atoms. The zero-order valence-electron chi connectivity index (χ0n) is 9.06. The van der Waals surface area contributed by atoms with Crippen LogP contribution in [-0.4, -0.2) is 27.5 Å². The Bertz CT molecular complexity index is 333. The van der Waals surface area contributed by atoms with Crippen LogP contribution >= 0.6 is 0 Å². The van der Waals surface area contributed by atoms with Crippen LogP contribution in [0.1, 0.15) is 25.2 Å². The van der Waals surface area contributed by atoms with E-state index >= 15 is 0 Å². The summed E-state index contributed by atoms with van der Waals surface area (Å²) >= 11 is 0. The van der Waals surface area contributed by atoms with E-state index in [0.29, 0.717) is 6.61 Å². The topological polar surface area (TPSA) is 64.3 Å². The quantitative estimate of drug-likeness (QED) is 0.766. The van der Waals surface area contributed by atoms with Crippen molar-refractivity contribution in [3.8, 4) is 0 Å². The van der Waals surface area contributed by atoms with Gasteiger partial charge in [0.15, 0.2) is 0 Å². The molecule has 5 heteroatoms. The van der Waals surface area contributed by atoms with Gasteiger partial charge in [0.1, 0.15) is 6.61 Å². The number of hydrogen-bond donors (Lipinski definition) is 1. The van der Waals surface area contributed by atoms with Gasteiger partial charge < -0.3 is 9.84 Å². The van der Waals surface area contributed by atoms with E-state index < -0.39 is 5.97 Å². The summed E-state index contributed by atoms with van der Waals surface area (Å²) in [6.07, 6.45) is 0.874. The van der Waals surface area contributed by atoms with Crippen molar-refractivity contribution in [1.82, 2.24) is 9.78 Å². The highest BCUT2D eigenvalue weighted by Gasteiger charge is 2.06. The van der Waals surface area contributed by atoms with Crippen LogP contribution in [0.4, 0.5) is 0 Å². The molecular formula is C10H16N2O3. The van der Waals surface area contributed by atoms with Gasteiger partial charge in [-0.25, -0.2) is 4.79 Å². The number of aliphatic carboxylic acids is 1. The van der Waals surface area contributed by atoms with Crippen LogP contribution < -0.4 is 0 Å². The summed E-state index contributed by atoms with van der Waals surface area (Å²) in [6, 6.07) is 1.95. The first-order valence-electron chi connectivity index (χ1n) is 5.02. The number of hydrogen-bond acceptors (Lipinski definition) is 3. The molecule has 0 aliphatic rings. The summed E-state index contributed by atoms with van der Waals surface area (Å²) in [5.74, 6) is -0.951. The Balaban J connectivity index is 2.58. The van der Waals surface area contributed by atoms with Crippen LogP contribution in [0.5, 0.6) is 0 Å². The average molecular weight is 212 g/mol. The highest BCUT2D eigenvalue weighted by molar-refractivity contribution is 5.67. The summed E-state index contributed by atoms with van der Waals surface area (Å²) < 4.78 is 6.86. The number of carbonyl (C=O) groups is 1. The summed E-state index contributed by atoms with van der Waals surface area (Å²) in [5.41, 5.74) is 1.93. The van der Waals surface area contributed by atoms with Crippen molar-refractivity contribution in [2.24, 2.45) is 0 Å². The molecule has 0 atom stereocenters. The molecular weight excluding hydrogens is 196 g/mol. The molecule has 1 aromatic heterocycles.